The van der Waals surface area contributed by atoms with E-state index in [0.717, 1.165) is 33.3 Å². The molecule has 6 nitrogen and oxygen atoms in total. The number of amides is 1. The Labute approximate surface area is 146 Å². The van der Waals surface area contributed by atoms with Crippen molar-refractivity contribution in [3.8, 4) is 0 Å². The molecule has 1 saturated heterocycles. The van der Waals surface area contributed by atoms with Crippen molar-refractivity contribution in [1.82, 2.24) is 9.88 Å². The normalized spacial score (nSPS) is 20.9. The molecular formula is C19H24N2O4. The van der Waals surface area contributed by atoms with Gasteiger partial charge in [-0.2, -0.15) is 0 Å². The lowest BCUT2D eigenvalue weighted by atomic mass is 9.97. The summed E-state index contributed by atoms with van der Waals surface area (Å²) in [5.74, 6) is -1.27. The predicted molar refractivity (Wildman–Crippen MR) is 94.6 cm³/mol. The van der Waals surface area contributed by atoms with E-state index in [1.807, 2.05) is 20.8 Å². The van der Waals surface area contributed by atoms with Crippen molar-refractivity contribution in [2.75, 3.05) is 6.54 Å². The van der Waals surface area contributed by atoms with Gasteiger partial charge in [-0.3, -0.25) is 4.79 Å². The zero-order valence-corrected chi connectivity index (χ0v) is 14.8. The molecule has 6 heteroatoms. The Bertz CT molecular complexity index is 840. The molecule has 3 rings (SSSR count). The summed E-state index contributed by atoms with van der Waals surface area (Å²) in [5.41, 5.74) is 5.13. The molecule has 134 valence electrons. The molecule has 0 radical (unpaired) electrons. The van der Waals surface area contributed by atoms with Crippen LogP contribution in [-0.4, -0.2) is 50.7 Å². The number of aromatic amines is 1. The average molecular weight is 344 g/mol. The second kappa shape index (κ2) is 6.52. The molecule has 1 aliphatic rings. The third-order valence-electron chi connectivity index (χ3n) is 5.08. The number of aliphatic hydroxyl groups is 1. The highest BCUT2D eigenvalue weighted by molar-refractivity contribution is 5.93. The number of aliphatic carboxylic acids is 1. The summed E-state index contributed by atoms with van der Waals surface area (Å²) in [7, 11) is 0. The molecule has 1 aromatic carbocycles. The Morgan fingerprint density at radius 2 is 2.00 bits per heavy atom. The van der Waals surface area contributed by atoms with Crippen molar-refractivity contribution in [2.24, 2.45) is 0 Å². The zero-order valence-electron chi connectivity index (χ0n) is 14.8. The molecule has 1 amide bonds. The van der Waals surface area contributed by atoms with Crippen LogP contribution in [0.5, 0.6) is 0 Å². The standard InChI is InChI=1S/C19H24N2O4/c1-10-6-11(2)18-15(7-10)14(12(3)20-18)9-17(23)21-5-4-13(22)8-16(21)19(24)25/h6-7,13,16,20,22H,4-5,8-9H2,1-3H3,(H,24,25)/t13-,16+/m0/s1. The van der Waals surface area contributed by atoms with Gasteiger partial charge in [0.15, 0.2) is 0 Å². The fourth-order valence-electron chi connectivity index (χ4n) is 3.80. The molecular weight excluding hydrogens is 320 g/mol. The Hall–Kier alpha value is -2.34. The van der Waals surface area contributed by atoms with E-state index in [1.165, 1.54) is 4.90 Å². The van der Waals surface area contributed by atoms with Gasteiger partial charge < -0.3 is 20.1 Å². The van der Waals surface area contributed by atoms with Gasteiger partial charge in [0.2, 0.25) is 5.91 Å². The molecule has 1 fully saturated rings. The van der Waals surface area contributed by atoms with Gasteiger partial charge in [0.1, 0.15) is 6.04 Å². The van der Waals surface area contributed by atoms with Crippen LogP contribution in [0.25, 0.3) is 10.9 Å². The Balaban J connectivity index is 1.91. The van der Waals surface area contributed by atoms with Crippen molar-refractivity contribution < 1.29 is 19.8 Å². The third-order valence-corrected chi connectivity index (χ3v) is 5.08. The second-order valence-electron chi connectivity index (χ2n) is 7.03. The van der Waals surface area contributed by atoms with Crippen LogP contribution in [0.15, 0.2) is 12.1 Å². The van der Waals surface area contributed by atoms with Crippen molar-refractivity contribution in [1.29, 1.82) is 0 Å². The van der Waals surface area contributed by atoms with E-state index in [0.29, 0.717) is 6.42 Å². The van der Waals surface area contributed by atoms with Gasteiger partial charge in [0.05, 0.1) is 12.5 Å². The number of aliphatic hydroxyl groups excluding tert-OH is 1. The number of carbonyl (C=O) groups excluding carboxylic acids is 1. The highest BCUT2D eigenvalue weighted by Gasteiger charge is 2.35. The number of nitrogens with one attached hydrogen (secondary N) is 1. The Morgan fingerprint density at radius 1 is 1.28 bits per heavy atom. The Kier molecular flexibility index (Phi) is 4.56. The molecule has 1 aromatic heterocycles. The zero-order chi connectivity index (χ0) is 18.3. The number of nitrogens with zero attached hydrogens (tertiary/aromatic N) is 1. The van der Waals surface area contributed by atoms with Crippen molar-refractivity contribution in [3.63, 3.8) is 0 Å². The summed E-state index contributed by atoms with van der Waals surface area (Å²) in [6, 6.07) is 3.20. The maximum Gasteiger partial charge on any atom is 0.326 e. The van der Waals surface area contributed by atoms with Gasteiger partial charge in [-0.05, 0) is 44.4 Å². The summed E-state index contributed by atoms with van der Waals surface area (Å²) in [6.45, 7) is 6.26. The first-order chi connectivity index (χ1) is 11.8. The first-order valence-corrected chi connectivity index (χ1v) is 8.56. The minimum Gasteiger partial charge on any atom is -0.480 e. The number of carbonyl (C=O) groups is 2. The van der Waals surface area contributed by atoms with Crippen molar-refractivity contribution >= 4 is 22.8 Å². The van der Waals surface area contributed by atoms with Crippen LogP contribution in [0.4, 0.5) is 0 Å². The van der Waals surface area contributed by atoms with E-state index in [9.17, 15) is 19.8 Å². The van der Waals surface area contributed by atoms with Crippen LogP contribution in [0.2, 0.25) is 0 Å². The van der Waals surface area contributed by atoms with Crippen LogP contribution in [-0.2, 0) is 16.0 Å². The van der Waals surface area contributed by atoms with Crippen LogP contribution in [0.1, 0.15) is 35.2 Å². The second-order valence-corrected chi connectivity index (χ2v) is 7.03. The highest BCUT2D eigenvalue weighted by atomic mass is 16.4. The summed E-state index contributed by atoms with van der Waals surface area (Å²) in [6.07, 6.45) is 0.00623. The first kappa shape index (κ1) is 17.5. The maximum atomic E-state index is 12.8. The van der Waals surface area contributed by atoms with Gasteiger partial charge in [-0.15, -0.1) is 0 Å². The van der Waals surface area contributed by atoms with E-state index >= 15 is 0 Å². The molecule has 2 aromatic rings. The highest BCUT2D eigenvalue weighted by Crippen LogP contribution is 2.28. The molecule has 25 heavy (non-hydrogen) atoms. The lowest BCUT2D eigenvalue weighted by molar-refractivity contribution is -0.154. The molecule has 0 bridgehead atoms. The fraction of sp³-hybridized carbons (Fsp3) is 0.474. The van der Waals surface area contributed by atoms with Crippen molar-refractivity contribution in [3.05, 3.63) is 34.5 Å². The largest absolute Gasteiger partial charge is 0.480 e. The molecule has 2 atom stereocenters. The number of hydrogen-bond donors (Lipinski definition) is 3. The van der Waals surface area contributed by atoms with Gasteiger partial charge in [-0.25, -0.2) is 4.79 Å². The SMILES string of the molecule is Cc1cc(C)c2[nH]c(C)c(CC(=O)N3CC[C@H](O)C[C@@H]3C(=O)O)c2c1. The summed E-state index contributed by atoms with van der Waals surface area (Å²) in [4.78, 5) is 29.0. The van der Waals surface area contributed by atoms with Crippen molar-refractivity contribution in [2.45, 2.75) is 52.2 Å². The third kappa shape index (κ3) is 3.26. The lowest BCUT2D eigenvalue weighted by Gasteiger charge is -2.35. The van der Waals surface area contributed by atoms with Gasteiger partial charge in [0.25, 0.3) is 0 Å². The van der Waals surface area contributed by atoms with Crippen LogP contribution in [0.3, 0.4) is 0 Å². The number of fused-ring (bicyclic) bond motifs is 1. The minimum absolute atomic E-state index is 0.0894. The van der Waals surface area contributed by atoms with Crippen LogP contribution in [0, 0.1) is 20.8 Å². The molecule has 0 saturated carbocycles. The van der Waals surface area contributed by atoms with E-state index in [4.69, 9.17) is 0 Å². The average Bonchev–Trinajstić information content (AvgIpc) is 2.84. The number of benzene rings is 1. The number of likely N-dealkylation sites (tertiary alicyclic amines) is 1. The monoisotopic (exact) mass is 344 g/mol. The number of hydrogen-bond acceptors (Lipinski definition) is 3. The first-order valence-electron chi connectivity index (χ1n) is 8.56. The number of rotatable bonds is 3. The number of carboxylic acid groups (broad SMARTS) is 1. The number of aryl methyl sites for hydroxylation is 3. The molecule has 1 aliphatic heterocycles. The van der Waals surface area contributed by atoms with Gasteiger partial charge in [0, 0.05) is 29.6 Å². The van der Waals surface area contributed by atoms with E-state index in [2.05, 4.69) is 17.1 Å². The predicted octanol–water partition coefficient (Wildman–Crippen LogP) is 2.07. The molecule has 3 N–H and O–H groups in total. The topological polar surface area (TPSA) is 93.6 Å². The summed E-state index contributed by atoms with van der Waals surface area (Å²) < 4.78 is 0. The smallest absolute Gasteiger partial charge is 0.326 e. The number of H-pyrrole nitrogens is 1. The van der Waals surface area contributed by atoms with E-state index < -0.39 is 18.1 Å². The summed E-state index contributed by atoms with van der Waals surface area (Å²) in [5, 5.41) is 20.1. The number of carboxylic acids is 1. The fourth-order valence-corrected chi connectivity index (χ4v) is 3.80. The maximum absolute atomic E-state index is 12.8. The van der Waals surface area contributed by atoms with Crippen LogP contribution < -0.4 is 0 Å². The minimum atomic E-state index is -1.06. The summed E-state index contributed by atoms with van der Waals surface area (Å²) >= 11 is 0. The molecule has 0 unspecified atom stereocenters. The molecule has 0 aliphatic carbocycles. The number of aromatic nitrogens is 1. The van der Waals surface area contributed by atoms with Gasteiger partial charge >= 0.3 is 5.97 Å². The quantitative estimate of drug-likeness (QED) is 0.794. The van der Waals surface area contributed by atoms with Gasteiger partial charge in [-0.1, -0.05) is 11.6 Å². The van der Waals surface area contributed by atoms with Crippen LogP contribution >= 0.6 is 0 Å². The van der Waals surface area contributed by atoms with E-state index in [-0.39, 0.29) is 25.3 Å². The molecule has 0 spiro atoms. The van der Waals surface area contributed by atoms with E-state index in [1.54, 1.807) is 0 Å². The molecule has 2 heterocycles. The lowest BCUT2D eigenvalue weighted by Crippen LogP contribution is -2.51. The Morgan fingerprint density at radius 3 is 2.68 bits per heavy atom. The number of piperidine rings is 1.